The van der Waals surface area contributed by atoms with Crippen LogP contribution >= 0.6 is 0 Å². The maximum absolute atomic E-state index is 3.46. The molecule has 0 saturated heterocycles. The summed E-state index contributed by atoms with van der Waals surface area (Å²) in [7, 11) is 0. The zero-order valence-corrected chi connectivity index (χ0v) is 19.1. The Morgan fingerprint density at radius 2 is 1.57 bits per heavy atom. The van der Waals surface area contributed by atoms with Crippen molar-refractivity contribution in [2.75, 3.05) is 0 Å². The van der Waals surface area contributed by atoms with Gasteiger partial charge < -0.3 is 0 Å². The number of rotatable bonds is 4. The van der Waals surface area contributed by atoms with Crippen LogP contribution in [0.1, 0.15) is 27.2 Å². The average Bonchev–Trinajstić information content (AvgIpc) is 2.88. The molecule has 0 heterocycles. The van der Waals surface area contributed by atoms with Gasteiger partial charge in [-0.1, -0.05) is 0 Å². The molecule has 0 saturated carbocycles. The van der Waals surface area contributed by atoms with E-state index >= 15 is 0 Å². The van der Waals surface area contributed by atoms with Gasteiger partial charge in [-0.2, -0.15) is 0 Å². The van der Waals surface area contributed by atoms with Crippen LogP contribution in [-0.4, -0.2) is 15.6 Å². The van der Waals surface area contributed by atoms with Crippen LogP contribution < -0.4 is 5.19 Å². The fraction of sp³-hybridized carbons (Fsp3) is 0.500. The first-order chi connectivity index (χ1) is 10.3. The monoisotopic (exact) mass is 365 g/mol. The van der Waals surface area contributed by atoms with Gasteiger partial charge in [0.2, 0.25) is 0 Å². The van der Waals surface area contributed by atoms with E-state index in [-0.39, 0.29) is 5.54 Å². The molecular formula is C20H35NSiTi. The van der Waals surface area contributed by atoms with Gasteiger partial charge in [0, 0.05) is 0 Å². The molecule has 1 aromatic rings. The third kappa shape index (κ3) is 3.45. The van der Waals surface area contributed by atoms with Crippen molar-refractivity contribution < 1.29 is 13.5 Å². The van der Waals surface area contributed by atoms with E-state index < -0.39 is 20.2 Å². The minimum absolute atomic E-state index is 0.144. The SMILES string of the molecule is C[SiH](c1ccccc1)[Ti]([CH3])([CH3])([CH3])([CH3])[N](C1=CC=CC1)C(C)(C)C. The summed E-state index contributed by atoms with van der Waals surface area (Å²) in [6.45, 7) is 8.59. The number of hydrogen-bond donors (Lipinski definition) is 0. The Hall–Kier alpha value is -0.569. The van der Waals surface area contributed by atoms with E-state index in [0.29, 0.717) is 0 Å². The Bertz CT molecular complexity index is 643. The Morgan fingerprint density at radius 1 is 1.00 bits per heavy atom. The van der Waals surface area contributed by atoms with Gasteiger partial charge in [-0.3, -0.25) is 0 Å². The molecule has 3 heteroatoms. The molecule has 1 aliphatic carbocycles. The van der Waals surface area contributed by atoms with Gasteiger partial charge >= 0.3 is 143 Å². The van der Waals surface area contributed by atoms with Crippen LogP contribution in [0.4, 0.5) is 0 Å². The molecule has 1 aromatic carbocycles. The van der Waals surface area contributed by atoms with Crippen molar-refractivity contribution in [2.45, 2.75) is 60.2 Å². The molecule has 0 spiro atoms. The van der Waals surface area contributed by atoms with Gasteiger partial charge in [-0.05, 0) is 0 Å². The molecule has 1 atom stereocenters. The summed E-state index contributed by atoms with van der Waals surface area (Å²) in [5, 5.41) is 12.2. The summed E-state index contributed by atoms with van der Waals surface area (Å²) in [5.41, 5.74) is 1.67. The molecule has 23 heavy (non-hydrogen) atoms. The Kier molecular flexibility index (Phi) is 4.25. The molecule has 0 aliphatic heterocycles. The van der Waals surface area contributed by atoms with E-state index in [9.17, 15) is 0 Å². The summed E-state index contributed by atoms with van der Waals surface area (Å²) < 4.78 is 2.90. The Labute approximate surface area is 143 Å². The molecule has 1 nitrogen and oxygen atoms in total. The first kappa shape index (κ1) is 18.8. The Morgan fingerprint density at radius 3 is 2.00 bits per heavy atom. The zero-order chi connectivity index (χ0) is 17.6. The van der Waals surface area contributed by atoms with Gasteiger partial charge in [-0.15, -0.1) is 0 Å². The molecule has 1 aliphatic rings. The second kappa shape index (κ2) is 5.21. The van der Waals surface area contributed by atoms with Crippen LogP contribution in [0.5, 0.6) is 0 Å². The van der Waals surface area contributed by atoms with Gasteiger partial charge in [0.25, 0.3) is 0 Å². The molecule has 0 amide bonds. The van der Waals surface area contributed by atoms with Crippen molar-refractivity contribution in [2.24, 2.45) is 0 Å². The molecule has 0 radical (unpaired) electrons. The molecule has 128 valence electrons. The molecule has 2 rings (SSSR count). The van der Waals surface area contributed by atoms with Crippen molar-refractivity contribution in [3.05, 3.63) is 54.3 Å². The van der Waals surface area contributed by atoms with Gasteiger partial charge in [0.05, 0.1) is 0 Å². The van der Waals surface area contributed by atoms with Crippen LogP contribution in [0.15, 0.2) is 54.3 Å². The molecule has 0 N–H and O–H groups in total. The van der Waals surface area contributed by atoms with E-state index in [0.717, 1.165) is 6.42 Å². The van der Waals surface area contributed by atoms with Crippen LogP contribution in [-0.2, 0) is 13.5 Å². The second-order valence-corrected chi connectivity index (χ2v) is 44.7. The first-order valence-corrected chi connectivity index (χ1v) is 20.9. The quantitative estimate of drug-likeness (QED) is 0.635. The van der Waals surface area contributed by atoms with Crippen LogP contribution in [0.25, 0.3) is 0 Å². The summed E-state index contributed by atoms with van der Waals surface area (Å²) in [5.74, 6) is 0. The predicted octanol–water partition coefficient (Wildman–Crippen LogP) is 5.52. The fourth-order valence-electron chi connectivity index (χ4n) is 4.90. The van der Waals surface area contributed by atoms with Crippen LogP contribution in [0.3, 0.4) is 0 Å². The van der Waals surface area contributed by atoms with E-state index in [2.05, 4.69) is 100 Å². The van der Waals surface area contributed by atoms with E-state index in [1.807, 2.05) is 0 Å². The van der Waals surface area contributed by atoms with Crippen molar-refractivity contribution in [1.29, 1.82) is 0 Å². The first-order valence-electron chi connectivity index (χ1n) is 8.95. The zero-order valence-electron chi connectivity index (χ0n) is 16.4. The van der Waals surface area contributed by atoms with E-state index in [4.69, 9.17) is 0 Å². The van der Waals surface area contributed by atoms with Crippen molar-refractivity contribution in [1.82, 2.24) is 3.38 Å². The number of benzene rings is 1. The molecule has 0 fully saturated rings. The number of hydrogen-bond acceptors (Lipinski definition) is 1. The van der Waals surface area contributed by atoms with Crippen molar-refractivity contribution in [3.63, 3.8) is 0 Å². The van der Waals surface area contributed by atoms with Crippen LogP contribution in [0.2, 0.25) is 27.5 Å². The maximum atomic E-state index is 2.90. The fourth-order valence-corrected chi connectivity index (χ4v) is 26.6. The van der Waals surface area contributed by atoms with Crippen LogP contribution in [0, 0.1) is 0 Å². The number of nitrogens with zero attached hydrogens (tertiary/aromatic N) is 1. The van der Waals surface area contributed by atoms with Gasteiger partial charge in [0.15, 0.2) is 0 Å². The topological polar surface area (TPSA) is 3.24 Å². The summed E-state index contributed by atoms with van der Waals surface area (Å²) in [4.78, 5) is 0. The van der Waals surface area contributed by atoms with Gasteiger partial charge in [-0.25, -0.2) is 0 Å². The molecule has 1 unspecified atom stereocenters. The molecule has 0 bridgehead atoms. The second-order valence-electron chi connectivity index (χ2n) is 11.1. The Balaban J connectivity index is 2.65. The molecular weight excluding hydrogens is 330 g/mol. The summed E-state index contributed by atoms with van der Waals surface area (Å²) >= 11 is -3.46. The summed E-state index contributed by atoms with van der Waals surface area (Å²) in [6.07, 6.45) is 7.96. The summed E-state index contributed by atoms with van der Waals surface area (Å²) in [6, 6.07) is 11.3. The molecule has 0 aromatic heterocycles. The van der Waals surface area contributed by atoms with Gasteiger partial charge in [0.1, 0.15) is 0 Å². The standard InChI is InChI=1S/C9H14N.C7H9Si.4CH3.Ti/c1-9(2,3)10-8-6-4-5-7-8;1-8-7-5-3-2-4-6-7;;;;;/h4-6H,7H2,1-3H3;2-6,8H,1H3;4*1H3;/q-1;;;;;;+1. The van der Waals surface area contributed by atoms with Crippen molar-refractivity contribution >= 4 is 11.8 Å². The predicted molar refractivity (Wildman–Crippen MR) is 106 cm³/mol. The van der Waals surface area contributed by atoms with Crippen molar-refractivity contribution in [3.8, 4) is 0 Å². The minimum atomic E-state index is -3.46. The van der Waals surface area contributed by atoms with E-state index in [1.165, 1.54) is 5.70 Å². The normalized spacial score (nSPS) is 19.7. The average molecular weight is 365 g/mol. The van der Waals surface area contributed by atoms with E-state index in [1.54, 1.807) is 5.19 Å². The third-order valence-corrected chi connectivity index (χ3v) is 36.6. The third-order valence-electron chi connectivity index (χ3n) is 5.96. The number of allylic oxidation sites excluding steroid dienone is 3.